The first-order chi connectivity index (χ1) is 14.0. The van der Waals surface area contributed by atoms with E-state index in [0.717, 1.165) is 0 Å². The molecule has 162 valence electrons. The summed E-state index contributed by atoms with van der Waals surface area (Å²) in [6, 6.07) is 2.78. The maximum atomic E-state index is 12.5. The van der Waals surface area contributed by atoms with E-state index >= 15 is 0 Å². The minimum atomic E-state index is -1.76. The molecular formula is C21H24O9. The minimum Gasteiger partial charge on any atom is -0.509 e. The molecule has 30 heavy (non-hydrogen) atoms. The van der Waals surface area contributed by atoms with Crippen LogP contribution in [0.25, 0.3) is 22.6 Å². The molecule has 0 fully saturated rings. The quantitative estimate of drug-likeness (QED) is 0.322. The van der Waals surface area contributed by atoms with Crippen LogP contribution < -0.4 is 10.4 Å². The molecule has 0 bridgehead atoms. The van der Waals surface area contributed by atoms with Crippen molar-refractivity contribution < 1.29 is 45.3 Å². The molecule has 3 rings (SSSR count). The summed E-state index contributed by atoms with van der Waals surface area (Å²) in [5, 5.41) is 72.0. The molecule has 0 aromatic heterocycles. The van der Waals surface area contributed by atoms with E-state index in [1.54, 1.807) is 0 Å². The number of phenolic OH excluding ortho intramolecular Hbond substituents is 3. The highest BCUT2D eigenvalue weighted by Crippen LogP contribution is 2.38. The van der Waals surface area contributed by atoms with Gasteiger partial charge in [0.1, 0.15) is 41.3 Å². The number of aliphatic hydroxyl groups is 4. The molecule has 9 heteroatoms. The number of carbonyl (C=O) groups excluding carboxylic acids is 1. The SMILES string of the molecule is CO[C@H](C(=O)[C@@H](O)[C@@H](C)O)[C@@H]1C=c2cc3cc(O)c(C)c(O)c3c(O)c2=C(O)[C@H]1O. The largest absolute Gasteiger partial charge is 0.509 e. The standard InChI is InChI=1S/C21H24O9/c1-7-12(23)6-10-4-9-5-11(21(30-3)20(29)16(25)8(2)22)17(26)19(28)14(9)18(27)13(10)15(7)24/h4-6,8,11,16-17,21-28H,1-3H3/t8-,11-,16+,17+,21+/m1/s1. The van der Waals surface area contributed by atoms with E-state index < -0.39 is 47.6 Å². The van der Waals surface area contributed by atoms with E-state index in [4.69, 9.17) is 4.74 Å². The molecule has 0 aliphatic heterocycles. The van der Waals surface area contributed by atoms with Crippen LogP contribution >= 0.6 is 0 Å². The van der Waals surface area contributed by atoms with Crippen molar-refractivity contribution >= 4 is 28.4 Å². The molecule has 0 radical (unpaired) electrons. The Kier molecular flexibility index (Phi) is 5.66. The van der Waals surface area contributed by atoms with Crippen LogP contribution in [0.2, 0.25) is 0 Å². The predicted molar refractivity (Wildman–Crippen MR) is 106 cm³/mol. The molecule has 0 amide bonds. The van der Waals surface area contributed by atoms with Gasteiger partial charge in [-0.25, -0.2) is 0 Å². The number of ketones is 1. The first-order valence-corrected chi connectivity index (χ1v) is 9.24. The van der Waals surface area contributed by atoms with Crippen molar-refractivity contribution in [2.75, 3.05) is 7.11 Å². The molecular weight excluding hydrogens is 396 g/mol. The zero-order valence-electron chi connectivity index (χ0n) is 16.6. The summed E-state index contributed by atoms with van der Waals surface area (Å²) in [4.78, 5) is 12.5. The number of methoxy groups -OCH3 is 1. The molecule has 7 N–H and O–H groups in total. The fourth-order valence-corrected chi connectivity index (χ4v) is 3.79. The third-order valence-corrected chi connectivity index (χ3v) is 5.54. The number of hydrogen-bond acceptors (Lipinski definition) is 9. The van der Waals surface area contributed by atoms with Gasteiger partial charge >= 0.3 is 0 Å². The molecule has 0 spiro atoms. The molecule has 1 aliphatic rings. The van der Waals surface area contributed by atoms with Crippen LogP contribution in [-0.2, 0) is 9.53 Å². The Bertz CT molecular complexity index is 1140. The predicted octanol–water partition coefficient (Wildman–Crippen LogP) is -0.972. The number of carbonyl (C=O) groups is 1. The summed E-state index contributed by atoms with van der Waals surface area (Å²) in [6.07, 6.45) is -4.83. The lowest BCUT2D eigenvalue weighted by Crippen LogP contribution is -2.50. The molecule has 5 atom stereocenters. The van der Waals surface area contributed by atoms with Gasteiger partial charge in [0.25, 0.3) is 0 Å². The molecule has 2 aromatic rings. The molecule has 0 unspecified atom stereocenters. The van der Waals surface area contributed by atoms with Crippen molar-refractivity contribution in [2.45, 2.75) is 38.3 Å². The van der Waals surface area contributed by atoms with Crippen molar-refractivity contribution in [3.8, 4) is 17.2 Å². The highest BCUT2D eigenvalue weighted by molar-refractivity contribution is 5.97. The molecule has 1 aliphatic carbocycles. The number of ether oxygens (including phenoxy) is 1. The van der Waals surface area contributed by atoms with Gasteiger partial charge in [-0.2, -0.15) is 0 Å². The first kappa shape index (κ1) is 21.8. The van der Waals surface area contributed by atoms with Crippen molar-refractivity contribution in [3.05, 3.63) is 28.1 Å². The van der Waals surface area contributed by atoms with Gasteiger partial charge in [-0.05, 0) is 36.6 Å². The third-order valence-electron chi connectivity index (χ3n) is 5.54. The zero-order valence-corrected chi connectivity index (χ0v) is 16.6. The maximum Gasteiger partial charge on any atom is 0.193 e. The fourth-order valence-electron chi connectivity index (χ4n) is 3.79. The van der Waals surface area contributed by atoms with Crippen LogP contribution in [0.15, 0.2) is 12.1 Å². The van der Waals surface area contributed by atoms with Crippen LogP contribution in [0.1, 0.15) is 12.5 Å². The van der Waals surface area contributed by atoms with Crippen LogP contribution in [0, 0.1) is 12.8 Å². The minimum absolute atomic E-state index is 0.0152. The first-order valence-electron chi connectivity index (χ1n) is 9.24. The number of Topliss-reactive ketones (excluding diaryl/α,β-unsaturated/α-hetero) is 1. The Morgan fingerprint density at radius 3 is 2.30 bits per heavy atom. The van der Waals surface area contributed by atoms with E-state index in [9.17, 15) is 40.5 Å². The number of aliphatic hydroxyl groups excluding tert-OH is 4. The van der Waals surface area contributed by atoms with Crippen LogP contribution in [0.4, 0.5) is 0 Å². The maximum absolute atomic E-state index is 12.5. The molecule has 9 nitrogen and oxygen atoms in total. The van der Waals surface area contributed by atoms with Gasteiger partial charge in [0.15, 0.2) is 5.78 Å². The van der Waals surface area contributed by atoms with Crippen LogP contribution in [0.5, 0.6) is 17.2 Å². The normalized spacial score (nSPS) is 21.6. The van der Waals surface area contributed by atoms with Gasteiger partial charge in [-0.3, -0.25) is 4.79 Å². The van der Waals surface area contributed by atoms with E-state index in [1.165, 1.54) is 39.2 Å². The lowest BCUT2D eigenvalue weighted by molar-refractivity contribution is -0.146. The van der Waals surface area contributed by atoms with Crippen molar-refractivity contribution in [1.29, 1.82) is 0 Å². The van der Waals surface area contributed by atoms with Gasteiger partial charge < -0.3 is 40.5 Å². The average molecular weight is 420 g/mol. The number of phenols is 3. The Balaban J connectivity index is 2.28. The van der Waals surface area contributed by atoms with E-state index in [0.29, 0.717) is 0 Å². The van der Waals surface area contributed by atoms with Crippen molar-refractivity contribution in [2.24, 2.45) is 5.92 Å². The highest BCUT2D eigenvalue weighted by atomic mass is 16.5. The Morgan fingerprint density at radius 1 is 1.10 bits per heavy atom. The Labute approximate surface area is 171 Å². The summed E-state index contributed by atoms with van der Waals surface area (Å²) in [5.41, 5.74) is 0.132. The number of fused-ring (bicyclic) bond motifs is 2. The monoisotopic (exact) mass is 420 g/mol. The van der Waals surface area contributed by atoms with Crippen molar-refractivity contribution in [3.63, 3.8) is 0 Å². The summed E-state index contributed by atoms with van der Waals surface area (Å²) in [5.74, 6) is -3.76. The summed E-state index contributed by atoms with van der Waals surface area (Å²) < 4.78 is 5.15. The highest BCUT2D eigenvalue weighted by Gasteiger charge is 2.40. The number of hydrogen-bond donors (Lipinski definition) is 7. The molecule has 2 aromatic carbocycles. The van der Waals surface area contributed by atoms with Gasteiger partial charge in [-0.1, -0.05) is 6.08 Å². The van der Waals surface area contributed by atoms with E-state index in [2.05, 4.69) is 0 Å². The zero-order chi connectivity index (χ0) is 22.5. The third kappa shape index (κ3) is 3.25. The van der Waals surface area contributed by atoms with Gasteiger partial charge in [0, 0.05) is 18.6 Å². The van der Waals surface area contributed by atoms with Crippen molar-refractivity contribution in [1.82, 2.24) is 0 Å². The summed E-state index contributed by atoms with van der Waals surface area (Å²) in [7, 11) is 1.18. The lowest BCUT2D eigenvalue weighted by atomic mass is 9.84. The fraction of sp³-hybridized carbons (Fsp3) is 0.381. The van der Waals surface area contributed by atoms with Crippen LogP contribution in [0.3, 0.4) is 0 Å². The van der Waals surface area contributed by atoms with Crippen LogP contribution in [-0.4, -0.2) is 73.1 Å². The number of benzene rings is 2. The van der Waals surface area contributed by atoms with Gasteiger partial charge in [0.05, 0.1) is 16.7 Å². The lowest BCUT2D eigenvalue weighted by Gasteiger charge is -2.30. The Hall–Kier alpha value is -2.85. The van der Waals surface area contributed by atoms with Gasteiger partial charge in [-0.15, -0.1) is 0 Å². The average Bonchev–Trinajstić information content (AvgIpc) is 2.69. The molecule has 0 saturated heterocycles. The number of rotatable bonds is 5. The summed E-state index contributed by atoms with van der Waals surface area (Å²) >= 11 is 0. The smallest absolute Gasteiger partial charge is 0.193 e. The second-order valence-corrected chi connectivity index (χ2v) is 7.48. The topological polar surface area (TPSA) is 168 Å². The van der Waals surface area contributed by atoms with Gasteiger partial charge in [0.2, 0.25) is 0 Å². The Morgan fingerprint density at radius 2 is 1.73 bits per heavy atom. The second-order valence-electron chi connectivity index (χ2n) is 7.48. The molecule has 0 saturated carbocycles. The number of aromatic hydroxyl groups is 3. The van der Waals surface area contributed by atoms with E-state index in [-0.39, 0.29) is 38.3 Å². The molecule has 0 heterocycles. The van der Waals surface area contributed by atoms with E-state index in [1.807, 2.05) is 0 Å². The summed E-state index contributed by atoms with van der Waals surface area (Å²) in [6.45, 7) is 2.67. The second kappa shape index (κ2) is 7.77.